The zero-order chi connectivity index (χ0) is 13.0. The van der Waals surface area contributed by atoms with Crippen molar-refractivity contribution >= 4 is 0 Å². The molecule has 0 atom stereocenters. The molecular formula is C13H24N4O. The summed E-state index contributed by atoms with van der Waals surface area (Å²) < 4.78 is 3.46. The first-order valence-electron chi connectivity index (χ1n) is 7.16. The molecule has 5 heteroatoms. The Bertz CT molecular complexity index is 431. The Kier molecular flexibility index (Phi) is 4.58. The molecule has 0 amide bonds. The van der Waals surface area contributed by atoms with Crippen LogP contribution in [0.4, 0.5) is 0 Å². The molecule has 1 aliphatic rings. The maximum absolute atomic E-state index is 12.1. The fraction of sp³-hybridized carbons (Fsp3) is 0.846. The van der Waals surface area contributed by atoms with E-state index in [1.54, 1.807) is 4.68 Å². The summed E-state index contributed by atoms with van der Waals surface area (Å²) in [5, 5.41) is 7.89. The lowest BCUT2D eigenvalue weighted by molar-refractivity contribution is 0.448. The smallest absolute Gasteiger partial charge is 0.312 e. The van der Waals surface area contributed by atoms with Crippen LogP contribution in [0.3, 0.4) is 0 Å². The zero-order valence-corrected chi connectivity index (χ0v) is 11.5. The summed E-state index contributed by atoms with van der Waals surface area (Å²) in [6.07, 6.45) is 5.46. The minimum Gasteiger partial charge on any atom is -0.312 e. The molecule has 0 aliphatic carbocycles. The predicted molar refractivity (Wildman–Crippen MR) is 71.8 cm³/mol. The van der Waals surface area contributed by atoms with Crippen molar-refractivity contribution in [3.05, 3.63) is 16.3 Å². The number of aromatic nitrogens is 3. The molecule has 0 unspecified atom stereocenters. The highest BCUT2D eigenvalue weighted by Gasteiger charge is 2.16. The van der Waals surface area contributed by atoms with Crippen LogP contribution in [0.1, 0.15) is 45.4 Å². The van der Waals surface area contributed by atoms with Gasteiger partial charge in [-0.25, -0.2) is 9.48 Å². The number of aryl methyl sites for hydroxylation is 1. The first-order chi connectivity index (χ1) is 8.76. The Morgan fingerprint density at radius 1 is 1.33 bits per heavy atom. The van der Waals surface area contributed by atoms with E-state index in [0.717, 1.165) is 51.0 Å². The van der Waals surface area contributed by atoms with E-state index in [9.17, 15) is 4.79 Å². The number of fused-ring (bicyclic) bond motifs is 1. The number of hydrogen-bond donors (Lipinski definition) is 1. The monoisotopic (exact) mass is 252 g/mol. The van der Waals surface area contributed by atoms with E-state index < -0.39 is 0 Å². The molecule has 2 rings (SSSR count). The molecule has 0 bridgehead atoms. The van der Waals surface area contributed by atoms with E-state index in [0.29, 0.717) is 12.6 Å². The third kappa shape index (κ3) is 2.83. The van der Waals surface area contributed by atoms with Gasteiger partial charge < -0.3 is 5.32 Å². The summed E-state index contributed by atoms with van der Waals surface area (Å²) >= 11 is 0. The van der Waals surface area contributed by atoms with Gasteiger partial charge in [0.1, 0.15) is 5.82 Å². The van der Waals surface area contributed by atoms with Gasteiger partial charge in [0.2, 0.25) is 0 Å². The van der Waals surface area contributed by atoms with Crippen molar-refractivity contribution in [2.75, 3.05) is 6.54 Å². The van der Waals surface area contributed by atoms with Gasteiger partial charge in [-0.15, -0.1) is 0 Å². The van der Waals surface area contributed by atoms with Crippen LogP contribution in [0.5, 0.6) is 0 Å². The topological polar surface area (TPSA) is 51.9 Å². The van der Waals surface area contributed by atoms with E-state index in [1.165, 1.54) is 0 Å². The Hall–Kier alpha value is -1.10. The zero-order valence-electron chi connectivity index (χ0n) is 11.5. The summed E-state index contributed by atoms with van der Waals surface area (Å²) in [6, 6.07) is 0.554. The number of hydrogen-bond acceptors (Lipinski definition) is 3. The second-order valence-electron chi connectivity index (χ2n) is 5.00. The lowest BCUT2D eigenvalue weighted by atomic mass is 10.2. The largest absolute Gasteiger partial charge is 0.345 e. The van der Waals surface area contributed by atoms with Crippen LogP contribution in [-0.2, 0) is 19.5 Å². The van der Waals surface area contributed by atoms with Gasteiger partial charge in [-0.2, -0.15) is 5.10 Å². The van der Waals surface area contributed by atoms with Gasteiger partial charge in [0.05, 0.1) is 6.54 Å². The van der Waals surface area contributed by atoms with Crippen molar-refractivity contribution in [3.63, 3.8) is 0 Å². The number of nitrogens with one attached hydrogen (secondary N) is 1. The summed E-state index contributed by atoms with van der Waals surface area (Å²) in [5.74, 6) is 0.966. The van der Waals surface area contributed by atoms with Gasteiger partial charge in [0.25, 0.3) is 0 Å². The lowest BCUT2D eigenvalue weighted by Crippen LogP contribution is -2.34. The van der Waals surface area contributed by atoms with Gasteiger partial charge in [-0.05, 0) is 25.7 Å². The maximum atomic E-state index is 12.1. The van der Waals surface area contributed by atoms with Crippen LogP contribution in [-0.4, -0.2) is 26.9 Å². The molecule has 18 heavy (non-hydrogen) atoms. The minimum atomic E-state index is 0.0658. The Morgan fingerprint density at radius 3 is 2.78 bits per heavy atom. The molecule has 1 aliphatic heterocycles. The SMILES string of the molecule is CCC(CC)NCCn1nc2n(c1=O)CCCC2. The second kappa shape index (κ2) is 6.18. The van der Waals surface area contributed by atoms with Gasteiger partial charge >= 0.3 is 5.69 Å². The van der Waals surface area contributed by atoms with Crippen LogP contribution in [0, 0.1) is 0 Å². The van der Waals surface area contributed by atoms with Crippen LogP contribution in [0.15, 0.2) is 4.79 Å². The maximum Gasteiger partial charge on any atom is 0.345 e. The van der Waals surface area contributed by atoms with Crippen molar-refractivity contribution in [3.8, 4) is 0 Å². The molecule has 5 nitrogen and oxygen atoms in total. The quantitative estimate of drug-likeness (QED) is 0.826. The molecule has 0 aromatic carbocycles. The van der Waals surface area contributed by atoms with Crippen molar-refractivity contribution in [2.45, 2.75) is 65.1 Å². The number of nitrogens with zero attached hydrogens (tertiary/aromatic N) is 3. The molecule has 0 radical (unpaired) electrons. The van der Waals surface area contributed by atoms with Crippen LogP contribution in [0.25, 0.3) is 0 Å². The van der Waals surface area contributed by atoms with Gasteiger partial charge in [-0.1, -0.05) is 13.8 Å². The Morgan fingerprint density at radius 2 is 2.11 bits per heavy atom. The molecule has 1 N–H and O–H groups in total. The molecular weight excluding hydrogens is 228 g/mol. The van der Waals surface area contributed by atoms with Crippen molar-refractivity contribution in [1.29, 1.82) is 0 Å². The third-order valence-electron chi connectivity index (χ3n) is 3.77. The second-order valence-corrected chi connectivity index (χ2v) is 5.00. The molecule has 0 saturated carbocycles. The van der Waals surface area contributed by atoms with E-state index in [4.69, 9.17) is 0 Å². The van der Waals surface area contributed by atoms with Crippen LogP contribution >= 0.6 is 0 Å². The molecule has 102 valence electrons. The normalized spacial score (nSPS) is 15.1. The molecule has 1 aromatic rings. The highest BCUT2D eigenvalue weighted by atomic mass is 16.2. The molecule has 0 fully saturated rings. The Balaban J connectivity index is 1.94. The lowest BCUT2D eigenvalue weighted by Gasteiger charge is -2.13. The summed E-state index contributed by atoms with van der Waals surface area (Å²) in [7, 11) is 0. The average molecular weight is 252 g/mol. The van der Waals surface area contributed by atoms with Gasteiger partial charge in [-0.3, -0.25) is 4.57 Å². The average Bonchev–Trinajstić information content (AvgIpc) is 2.72. The summed E-state index contributed by atoms with van der Waals surface area (Å²) in [5.41, 5.74) is 0.0658. The van der Waals surface area contributed by atoms with E-state index in [-0.39, 0.29) is 5.69 Å². The van der Waals surface area contributed by atoms with Crippen LogP contribution < -0.4 is 11.0 Å². The first kappa shape index (κ1) is 13.3. The van der Waals surface area contributed by atoms with E-state index in [1.807, 2.05) is 4.57 Å². The first-order valence-corrected chi connectivity index (χ1v) is 7.16. The van der Waals surface area contributed by atoms with E-state index >= 15 is 0 Å². The van der Waals surface area contributed by atoms with Gasteiger partial charge in [0.15, 0.2) is 0 Å². The van der Waals surface area contributed by atoms with Crippen molar-refractivity contribution in [2.24, 2.45) is 0 Å². The predicted octanol–water partition coefficient (Wildman–Crippen LogP) is 1.16. The minimum absolute atomic E-state index is 0.0658. The standard InChI is InChI=1S/C13H24N4O/c1-3-11(4-2)14-8-10-17-13(18)16-9-6-5-7-12(16)15-17/h11,14H,3-10H2,1-2H3. The molecule has 1 aromatic heterocycles. The summed E-state index contributed by atoms with van der Waals surface area (Å²) in [6.45, 7) is 6.71. The number of rotatable bonds is 6. The van der Waals surface area contributed by atoms with E-state index in [2.05, 4.69) is 24.3 Å². The van der Waals surface area contributed by atoms with Crippen molar-refractivity contribution in [1.82, 2.24) is 19.7 Å². The Labute approximate surface area is 108 Å². The van der Waals surface area contributed by atoms with Gasteiger partial charge in [0, 0.05) is 25.6 Å². The molecule has 0 spiro atoms. The third-order valence-corrected chi connectivity index (χ3v) is 3.77. The highest BCUT2D eigenvalue weighted by Crippen LogP contribution is 2.09. The fourth-order valence-corrected chi connectivity index (χ4v) is 2.55. The fourth-order valence-electron chi connectivity index (χ4n) is 2.55. The van der Waals surface area contributed by atoms with Crippen molar-refractivity contribution < 1.29 is 0 Å². The van der Waals surface area contributed by atoms with Crippen LogP contribution in [0.2, 0.25) is 0 Å². The highest BCUT2D eigenvalue weighted by molar-refractivity contribution is 4.91. The molecule has 0 saturated heterocycles. The molecule has 2 heterocycles. The summed E-state index contributed by atoms with van der Waals surface area (Å²) in [4.78, 5) is 12.1.